The highest BCUT2D eigenvalue weighted by Gasteiger charge is 2.10. The van der Waals surface area contributed by atoms with Crippen molar-refractivity contribution in [3.8, 4) is 0 Å². The van der Waals surface area contributed by atoms with Crippen LogP contribution in [0.15, 0.2) is 29.1 Å². The molecule has 0 amide bonds. The molecular weight excluding hydrogens is 280 g/mol. The molecule has 1 aromatic carbocycles. The molecular formula is C14H13ClN2O3. The summed E-state index contributed by atoms with van der Waals surface area (Å²) in [6.45, 7) is 3.83. The van der Waals surface area contributed by atoms with Gasteiger partial charge in [0.15, 0.2) is 0 Å². The summed E-state index contributed by atoms with van der Waals surface area (Å²) in [4.78, 5) is 26.6. The lowest BCUT2D eigenvalue weighted by molar-refractivity contribution is 0.0697. The average Bonchev–Trinajstić information content (AvgIpc) is 2.34. The minimum absolute atomic E-state index is 0.116. The highest BCUT2D eigenvalue weighted by atomic mass is 35.5. The van der Waals surface area contributed by atoms with Crippen molar-refractivity contribution in [1.29, 1.82) is 0 Å². The molecule has 1 heterocycles. The second kappa shape index (κ2) is 5.46. The first-order chi connectivity index (χ1) is 9.38. The first-order valence-corrected chi connectivity index (χ1v) is 6.33. The lowest BCUT2D eigenvalue weighted by atomic mass is 10.1. The van der Waals surface area contributed by atoms with Crippen molar-refractivity contribution in [2.45, 2.75) is 20.4 Å². The molecule has 0 aliphatic rings. The number of aromatic nitrogens is 2. The summed E-state index contributed by atoms with van der Waals surface area (Å²) >= 11 is 6.06. The molecule has 0 saturated heterocycles. The number of aryl methyl sites for hydroxylation is 2. The maximum Gasteiger partial charge on any atom is 0.348 e. The van der Waals surface area contributed by atoms with Gasteiger partial charge in [-0.05, 0) is 37.6 Å². The van der Waals surface area contributed by atoms with Gasteiger partial charge < -0.3 is 5.11 Å². The number of rotatable bonds is 3. The third-order valence-corrected chi connectivity index (χ3v) is 3.33. The van der Waals surface area contributed by atoms with E-state index in [0.29, 0.717) is 16.3 Å². The molecule has 0 unspecified atom stereocenters. The molecule has 0 fully saturated rings. The first kappa shape index (κ1) is 14.3. The lowest BCUT2D eigenvalue weighted by Gasteiger charge is -2.11. The number of carbonyl (C=O) groups is 1. The molecule has 5 nitrogen and oxygen atoms in total. The molecule has 0 aliphatic carbocycles. The van der Waals surface area contributed by atoms with Crippen molar-refractivity contribution in [2.75, 3.05) is 0 Å². The van der Waals surface area contributed by atoms with E-state index in [2.05, 4.69) is 4.98 Å². The number of aromatic carboxylic acids is 1. The topological polar surface area (TPSA) is 72.2 Å². The number of hydrogen-bond donors (Lipinski definition) is 1. The highest BCUT2D eigenvalue weighted by Crippen LogP contribution is 2.19. The fourth-order valence-corrected chi connectivity index (χ4v) is 2.19. The monoisotopic (exact) mass is 292 g/mol. The van der Waals surface area contributed by atoms with Crippen LogP contribution in [0.2, 0.25) is 5.02 Å². The zero-order valence-corrected chi connectivity index (χ0v) is 11.8. The molecule has 0 atom stereocenters. The Morgan fingerprint density at radius 3 is 2.60 bits per heavy atom. The second-order valence-corrected chi connectivity index (χ2v) is 4.93. The summed E-state index contributed by atoms with van der Waals surface area (Å²) in [7, 11) is 0. The minimum atomic E-state index is -1.04. The smallest absolute Gasteiger partial charge is 0.348 e. The Kier molecular flexibility index (Phi) is 3.90. The summed E-state index contributed by atoms with van der Waals surface area (Å²) < 4.78 is 1.49. The van der Waals surface area contributed by atoms with Gasteiger partial charge in [-0.1, -0.05) is 17.7 Å². The summed E-state index contributed by atoms with van der Waals surface area (Å²) in [6.07, 6.45) is 0. The average molecular weight is 293 g/mol. The van der Waals surface area contributed by atoms with Gasteiger partial charge in [0.1, 0.15) is 0 Å². The van der Waals surface area contributed by atoms with E-state index >= 15 is 0 Å². The number of carboxylic acids is 1. The Hall–Kier alpha value is -2.14. The Morgan fingerprint density at radius 1 is 1.35 bits per heavy atom. The largest absolute Gasteiger partial charge is 0.478 e. The van der Waals surface area contributed by atoms with Gasteiger partial charge in [0.2, 0.25) is 0 Å². The third-order valence-electron chi connectivity index (χ3n) is 2.97. The van der Waals surface area contributed by atoms with Crippen LogP contribution in [0.1, 0.15) is 27.3 Å². The van der Waals surface area contributed by atoms with Gasteiger partial charge in [0.05, 0.1) is 12.1 Å². The van der Waals surface area contributed by atoms with Crippen LogP contribution < -0.4 is 5.69 Å². The summed E-state index contributed by atoms with van der Waals surface area (Å²) in [5, 5.41) is 9.20. The maximum atomic E-state index is 11.9. The molecule has 0 radical (unpaired) electrons. The van der Waals surface area contributed by atoms with E-state index in [-0.39, 0.29) is 17.8 Å². The Balaban J connectivity index is 2.41. The van der Waals surface area contributed by atoms with Crippen LogP contribution >= 0.6 is 11.6 Å². The van der Waals surface area contributed by atoms with E-state index in [1.165, 1.54) is 16.7 Å². The molecule has 1 aromatic heterocycles. The van der Waals surface area contributed by atoms with Gasteiger partial charge in [-0.25, -0.2) is 9.59 Å². The predicted octanol–water partition coefficient (Wildman–Crippen LogP) is 2.26. The van der Waals surface area contributed by atoms with E-state index in [1.54, 1.807) is 19.1 Å². The highest BCUT2D eigenvalue weighted by molar-refractivity contribution is 6.31. The molecule has 104 valence electrons. The normalized spacial score (nSPS) is 10.6. The maximum absolute atomic E-state index is 11.9. The van der Waals surface area contributed by atoms with E-state index in [0.717, 1.165) is 5.69 Å². The van der Waals surface area contributed by atoms with Crippen molar-refractivity contribution < 1.29 is 9.90 Å². The third kappa shape index (κ3) is 2.88. The van der Waals surface area contributed by atoms with Crippen molar-refractivity contribution in [1.82, 2.24) is 9.55 Å². The van der Waals surface area contributed by atoms with Crippen LogP contribution in [0, 0.1) is 13.8 Å². The SMILES string of the molecule is Cc1cc(C)n(Cc2ccc(C(=O)O)cc2Cl)c(=O)n1. The molecule has 2 aromatic rings. The van der Waals surface area contributed by atoms with Crippen LogP contribution in [-0.4, -0.2) is 20.6 Å². The van der Waals surface area contributed by atoms with Crippen molar-refractivity contribution in [2.24, 2.45) is 0 Å². The van der Waals surface area contributed by atoms with Crippen molar-refractivity contribution in [3.05, 3.63) is 62.3 Å². The van der Waals surface area contributed by atoms with E-state index < -0.39 is 5.97 Å². The van der Waals surface area contributed by atoms with Crippen LogP contribution in [0.5, 0.6) is 0 Å². The van der Waals surface area contributed by atoms with Gasteiger partial charge in [0.25, 0.3) is 0 Å². The molecule has 2 rings (SSSR count). The summed E-state index contributed by atoms with van der Waals surface area (Å²) in [5.41, 5.74) is 1.88. The number of hydrogen-bond acceptors (Lipinski definition) is 3. The van der Waals surface area contributed by atoms with Gasteiger partial charge in [-0.2, -0.15) is 4.98 Å². The van der Waals surface area contributed by atoms with E-state index in [9.17, 15) is 9.59 Å². The van der Waals surface area contributed by atoms with E-state index in [4.69, 9.17) is 16.7 Å². The van der Waals surface area contributed by atoms with Crippen LogP contribution in [0.4, 0.5) is 0 Å². The standard InChI is InChI=1S/C14H13ClN2O3/c1-8-5-9(2)17(14(20)16-8)7-11-4-3-10(13(18)19)6-12(11)15/h3-6H,7H2,1-2H3,(H,18,19). The Labute approximate surface area is 120 Å². The van der Waals surface area contributed by atoms with Gasteiger partial charge >= 0.3 is 11.7 Å². The van der Waals surface area contributed by atoms with E-state index in [1.807, 2.05) is 6.92 Å². The number of benzene rings is 1. The molecule has 6 heteroatoms. The Bertz CT molecular complexity index is 738. The molecule has 0 bridgehead atoms. The molecule has 0 spiro atoms. The fourth-order valence-electron chi connectivity index (χ4n) is 1.95. The quantitative estimate of drug-likeness (QED) is 0.942. The minimum Gasteiger partial charge on any atom is -0.478 e. The molecule has 1 N–H and O–H groups in total. The van der Waals surface area contributed by atoms with Gasteiger partial charge in [-0.15, -0.1) is 0 Å². The van der Waals surface area contributed by atoms with Crippen LogP contribution in [-0.2, 0) is 6.54 Å². The van der Waals surface area contributed by atoms with Gasteiger partial charge in [-0.3, -0.25) is 4.57 Å². The van der Waals surface area contributed by atoms with Gasteiger partial charge in [0, 0.05) is 16.4 Å². The molecule has 20 heavy (non-hydrogen) atoms. The summed E-state index contributed by atoms with van der Waals surface area (Å²) in [6, 6.07) is 6.26. The molecule has 0 aliphatic heterocycles. The first-order valence-electron chi connectivity index (χ1n) is 5.95. The number of nitrogens with zero attached hydrogens (tertiary/aromatic N) is 2. The Morgan fingerprint density at radius 2 is 2.05 bits per heavy atom. The fraction of sp³-hybridized carbons (Fsp3) is 0.214. The predicted molar refractivity (Wildman–Crippen MR) is 75.5 cm³/mol. The zero-order chi connectivity index (χ0) is 14.9. The van der Waals surface area contributed by atoms with Crippen LogP contribution in [0.25, 0.3) is 0 Å². The second-order valence-electron chi connectivity index (χ2n) is 4.52. The lowest BCUT2D eigenvalue weighted by Crippen LogP contribution is -2.26. The number of carboxylic acid groups (broad SMARTS) is 1. The van der Waals surface area contributed by atoms with Crippen LogP contribution in [0.3, 0.4) is 0 Å². The van der Waals surface area contributed by atoms with Crippen molar-refractivity contribution in [3.63, 3.8) is 0 Å². The van der Waals surface area contributed by atoms with Crippen molar-refractivity contribution >= 4 is 17.6 Å². The number of halogens is 1. The summed E-state index contributed by atoms with van der Waals surface area (Å²) in [5.74, 6) is -1.04. The zero-order valence-electron chi connectivity index (χ0n) is 11.1. The molecule has 0 saturated carbocycles.